The van der Waals surface area contributed by atoms with E-state index >= 15 is 0 Å². The number of rotatable bonds is 1. The molecular formula is C17H21N3O. The fraction of sp³-hybridized carbons (Fsp3) is 0.412. The average molecular weight is 283 g/mol. The highest BCUT2D eigenvalue weighted by atomic mass is 16.1. The van der Waals surface area contributed by atoms with Crippen molar-refractivity contribution in [1.82, 2.24) is 9.78 Å². The van der Waals surface area contributed by atoms with Crippen molar-refractivity contribution in [3.63, 3.8) is 0 Å². The highest BCUT2D eigenvalue weighted by Gasteiger charge is 2.32. The lowest BCUT2D eigenvalue weighted by Crippen LogP contribution is -2.30. The van der Waals surface area contributed by atoms with Crippen molar-refractivity contribution in [2.75, 3.05) is 5.32 Å². The first kappa shape index (κ1) is 13.9. The maximum Gasteiger partial charge on any atom is 0.226 e. The lowest BCUT2D eigenvalue weighted by atomic mass is 9.85. The van der Waals surface area contributed by atoms with Crippen molar-refractivity contribution in [3.05, 3.63) is 47.2 Å². The molecule has 0 bridgehead atoms. The van der Waals surface area contributed by atoms with Gasteiger partial charge in [-0.05, 0) is 38.8 Å². The molecule has 1 unspecified atom stereocenters. The van der Waals surface area contributed by atoms with Crippen molar-refractivity contribution in [2.24, 2.45) is 0 Å². The summed E-state index contributed by atoms with van der Waals surface area (Å²) in [6, 6.07) is 8.26. The number of benzene rings is 1. The van der Waals surface area contributed by atoms with Gasteiger partial charge in [0.2, 0.25) is 5.91 Å². The quantitative estimate of drug-likeness (QED) is 0.871. The zero-order valence-electron chi connectivity index (χ0n) is 13.0. The molecule has 1 aromatic carbocycles. The van der Waals surface area contributed by atoms with Gasteiger partial charge in [-0.25, -0.2) is 4.68 Å². The second-order valence-electron chi connectivity index (χ2n) is 6.69. The number of aromatic nitrogens is 2. The van der Waals surface area contributed by atoms with Crippen molar-refractivity contribution in [3.8, 4) is 0 Å². The lowest BCUT2D eigenvalue weighted by molar-refractivity contribution is -0.116. The third kappa shape index (κ3) is 2.35. The topological polar surface area (TPSA) is 46.9 Å². The number of fused-ring (bicyclic) bond motifs is 1. The normalized spacial score (nSPS) is 18.3. The molecule has 0 radical (unpaired) electrons. The first-order valence-electron chi connectivity index (χ1n) is 7.31. The summed E-state index contributed by atoms with van der Waals surface area (Å²) < 4.78 is 1.91. The minimum absolute atomic E-state index is 0.0572. The van der Waals surface area contributed by atoms with E-state index < -0.39 is 0 Å². The molecule has 0 saturated carbocycles. The molecule has 1 aromatic heterocycles. The second kappa shape index (κ2) is 4.72. The van der Waals surface area contributed by atoms with Crippen LogP contribution in [0.15, 0.2) is 30.5 Å². The molecule has 0 saturated heterocycles. The predicted molar refractivity (Wildman–Crippen MR) is 83.5 cm³/mol. The Morgan fingerprint density at radius 2 is 1.95 bits per heavy atom. The van der Waals surface area contributed by atoms with Crippen molar-refractivity contribution in [1.29, 1.82) is 0 Å². The summed E-state index contributed by atoms with van der Waals surface area (Å²) in [5.74, 6) is 0.986. The Morgan fingerprint density at radius 3 is 2.62 bits per heavy atom. The lowest BCUT2D eigenvalue weighted by Gasteiger charge is -2.28. The Kier molecular flexibility index (Phi) is 3.12. The van der Waals surface area contributed by atoms with Crippen LogP contribution in [-0.2, 0) is 10.3 Å². The molecule has 4 heteroatoms. The average Bonchev–Trinajstić information content (AvgIpc) is 2.82. The van der Waals surface area contributed by atoms with Gasteiger partial charge in [-0.3, -0.25) is 4.79 Å². The molecule has 1 atom stereocenters. The molecule has 1 N–H and O–H groups in total. The van der Waals surface area contributed by atoms with Crippen LogP contribution in [0.25, 0.3) is 0 Å². The van der Waals surface area contributed by atoms with E-state index in [1.54, 1.807) is 0 Å². The summed E-state index contributed by atoms with van der Waals surface area (Å²) in [5.41, 5.74) is 3.38. The van der Waals surface area contributed by atoms with E-state index in [0.717, 1.165) is 11.4 Å². The van der Waals surface area contributed by atoms with E-state index in [9.17, 15) is 4.79 Å². The van der Waals surface area contributed by atoms with Gasteiger partial charge >= 0.3 is 0 Å². The van der Waals surface area contributed by atoms with Gasteiger partial charge in [0.05, 0.1) is 11.7 Å². The number of carbonyl (C=O) groups excluding carboxylic acids is 1. The summed E-state index contributed by atoms with van der Waals surface area (Å²) in [6.45, 7) is 8.35. The molecule has 1 aliphatic rings. The molecule has 4 nitrogen and oxygen atoms in total. The first-order valence-corrected chi connectivity index (χ1v) is 7.31. The molecule has 110 valence electrons. The Balaban J connectivity index is 2.14. The van der Waals surface area contributed by atoms with Gasteiger partial charge in [-0.1, -0.05) is 24.3 Å². The van der Waals surface area contributed by atoms with E-state index in [1.807, 2.05) is 23.0 Å². The van der Waals surface area contributed by atoms with Crippen LogP contribution in [0.1, 0.15) is 49.8 Å². The molecule has 0 fully saturated rings. The number of anilines is 1. The van der Waals surface area contributed by atoms with E-state index in [1.165, 1.54) is 11.1 Å². The van der Waals surface area contributed by atoms with E-state index in [4.69, 9.17) is 0 Å². The summed E-state index contributed by atoms with van der Waals surface area (Å²) in [7, 11) is 0. The van der Waals surface area contributed by atoms with Crippen LogP contribution in [0.3, 0.4) is 0 Å². The summed E-state index contributed by atoms with van der Waals surface area (Å²) in [6.07, 6.45) is 2.38. The third-order valence-electron chi connectivity index (χ3n) is 4.02. The minimum atomic E-state index is -0.158. The molecule has 21 heavy (non-hydrogen) atoms. The smallest absolute Gasteiger partial charge is 0.226 e. The molecule has 3 rings (SSSR count). The second-order valence-corrected chi connectivity index (χ2v) is 6.69. The van der Waals surface area contributed by atoms with E-state index in [2.05, 4.69) is 50.2 Å². The number of carbonyl (C=O) groups is 1. The van der Waals surface area contributed by atoms with Crippen LogP contribution in [0, 0.1) is 6.92 Å². The van der Waals surface area contributed by atoms with Crippen LogP contribution in [-0.4, -0.2) is 15.7 Å². The van der Waals surface area contributed by atoms with Crippen molar-refractivity contribution in [2.45, 2.75) is 45.6 Å². The van der Waals surface area contributed by atoms with Crippen molar-refractivity contribution < 1.29 is 4.79 Å². The fourth-order valence-corrected chi connectivity index (χ4v) is 2.98. The predicted octanol–water partition coefficient (Wildman–Crippen LogP) is 3.42. The van der Waals surface area contributed by atoms with Crippen LogP contribution < -0.4 is 5.32 Å². The number of hydrogen-bond acceptors (Lipinski definition) is 2. The number of hydrogen-bond donors (Lipinski definition) is 1. The highest BCUT2D eigenvalue weighted by Crippen LogP contribution is 2.39. The fourth-order valence-electron chi connectivity index (χ4n) is 2.98. The van der Waals surface area contributed by atoms with Gasteiger partial charge in [0.1, 0.15) is 5.82 Å². The van der Waals surface area contributed by atoms with Gasteiger partial charge in [0.25, 0.3) is 0 Å². The van der Waals surface area contributed by atoms with E-state index in [0.29, 0.717) is 6.42 Å². The minimum Gasteiger partial charge on any atom is -0.311 e. The van der Waals surface area contributed by atoms with Gasteiger partial charge in [-0.2, -0.15) is 5.10 Å². The summed E-state index contributed by atoms with van der Waals surface area (Å²) in [5, 5.41) is 7.51. The van der Waals surface area contributed by atoms with Crippen LogP contribution >= 0.6 is 0 Å². The number of aryl methyl sites for hydroxylation is 1. The largest absolute Gasteiger partial charge is 0.311 e. The van der Waals surface area contributed by atoms with Gasteiger partial charge in [0.15, 0.2) is 0 Å². The number of nitrogens with zero attached hydrogens (tertiary/aromatic N) is 2. The molecule has 1 amide bonds. The molecular weight excluding hydrogens is 262 g/mol. The van der Waals surface area contributed by atoms with Crippen molar-refractivity contribution >= 4 is 11.7 Å². The standard InChI is InChI=1S/C17H21N3O/c1-11-7-5-6-8-12(11)13-9-15(21)19-16-14(13)10-18-20(16)17(2,3)4/h5-8,10,13H,9H2,1-4H3,(H,19,21). The van der Waals surface area contributed by atoms with Crippen LogP contribution in [0.4, 0.5) is 5.82 Å². The molecule has 1 aliphatic heterocycles. The summed E-state index contributed by atoms with van der Waals surface area (Å²) >= 11 is 0. The Morgan fingerprint density at radius 1 is 1.24 bits per heavy atom. The SMILES string of the molecule is Cc1ccccc1C1CC(=O)Nc2c1cnn2C(C)(C)C. The Bertz CT molecular complexity index is 694. The van der Waals surface area contributed by atoms with Gasteiger partial charge < -0.3 is 5.32 Å². The zero-order valence-corrected chi connectivity index (χ0v) is 13.0. The van der Waals surface area contributed by atoms with Gasteiger partial charge in [-0.15, -0.1) is 0 Å². The Hall–Kier alpha value is -2.10. The molecule has 2 aromatic rings. The van der Waals surface area contributed by atoms with E-state index in [-0.39, 0.29) is 17.4 Å². The number of nitrogens with one attached hydrogen (secondary N) is 1. The molecule has 0 aliphatic carbocycles. The van der Waals surface area contributed by atoms with Crippen LogP contribution in [0.5, 0.6) is 0 Å². The first-order chi connectivity index (χ1) is 9.88. The maximum atomic E-state index is 12.1. The monoisotopic (exact) mass is 283 g/mol. The third-order valence-corrected chi connectivity index (χ3v) is 4.02. The summed E-state index contributed by atoms with van der Waals surface area (Å²) in [4.78, 5) is 12.1. The zero-order chi connectivity index (χ0) is 15.2. The van der Waals surface area contributed by atoms with Crippen LogP contribution in [0.2, 0.25) is 0 Å². The molecule has 2 heterocycles. The van der Waals surface area contributed by atoms with Gasteiger partial charge in [0, 0.05) is 17.9 Å². The highest BCUT2D eigenvalue weighted by molar-refractivity contribution is 5.94. The Labute approximate surface area is 125 Å². The molecule has 0 spiro atoms. The maximum absolute atomic E-state index is 12.1. The number of amides is 1.